The molecule has 31 heavy (non-hydrogen) atoms. The molecule has 8 heteroatoms. The number of pyridine rings is 1. The van der Waals surface area contributed by atoms with Crippen LogP contribution in [0.4, 0.5) is 10.9 Å². The highest BCUT2D eigenvalue weighted by Gasteiger charge is 2.13. The lowest BCUT2D eigenvalue weighted by Gasteiger charge is -2.10. The van der Waals surface area contributed by atoms with Gasteiger partial charge in [-0.05, 0) is 35.9 Å². The number of benzene rings is 2. The monoisotopic (exact) mass is 421 g/mol. The molecule has 2 radical (unpaired) electrons. The Labute approximate surface area is 184 Å². The van der Waals surface area contributed by atoms with E-state index in [9.17, 15) is 0 Å². The summed E-state index contributed by atoms with van der Waals surface area (Å²) < 4.78 is 5.40. The molecular formula is C23H16BN5OS. The van der Waals surface area contributed by atoms with Crippen LogP contribution in [0.2, 0.25) is 0 Å². The fourth-order valence-electron chi connectivity index (χ4n) is 3.24. The minimum Gasteiger partial charge on any atom is -0.497 e. The molecule has 0 saturated heterocycles. The average molecular weight is 421 g/mol. The number of nitrogens with one attached hydrogen (secondary N) is 1. The maximum absolute atomic E-state index is 6.11. The van der Waals surface area contributed by atoms with Gasteiger partial charge in [0.2, 0.25) is 0 Å². The lowest BCUT2D eigenvalue weighted by Crippen LogP contribution is -2.05. The van der Waals surface area contributed by atoms with Crippen LogP contribution in [0.15, 0.2) is 72.4 Å². The molecule has 0 saturated carbocycles. The van der Waals surface area contributed by atoms with E-state index in [-0.39, 0.29) is 0 Å². The second-order valence-corrected chi connectivity index (χ2v) is 7.63. The highest BCUT2D eigenvalue weighted by Crippen LogP contribution is 2.32. The van der Waals surface area contributed by atoms with E-state index in [2.05, 4.69) is 10.3 Å². The van der Waals surface area contributed by atoms with Gasteiger partial charge in [0.25, 0.3) is 0 Å². The molecule has 1 N–H and O–H groups in total. The molecule has 6 nitrogen and oxygen atoms in total. The average Bonchev–Trinajstić information content (AvgIpc) is 3.28. The number of ether oxygens (including phenoxy) is 1. The van der Waals surface area contributed by atoms with Crippen molar-refractivity contribution in [3.63, 3.8) is 0 Å². The number of aromatic nitrogens is 4. The smallest absolute Gasteiger partial charge is 0.188 e. The van der Waals surface area contributed by atoms with Gasteiger partial charge in [-0.15, -0.1) is 11.3 Å². The number of hydrogen-bond acceptors (Lipinski definition) is 7. The molecule has 0 fully saturated rings. The van der Waals surface area contributed by atoms with E-state index in [1.807, 2.05) is 60.0 Å². The maximum Gasteiger partial charge on any atom is 0.188 e. The predicted octanol–water partition coefficient (Wildman–Crippen LogP) is 4.36. The number of fused-ring (bicyclic) bond motifs is 1. The Bertz CT molecular complexity index is 1370. The lowest BCUT2D eigenvalue weighted by atomic mass is 9.89. The van der Waals surface area contributed by atoms with E-state index in [1.54, 1.807) is 19.5 Å². The molecule has 0 aliphatic rings. The van der Waals surface area contributed by atoms with Gasteiger partial charge >= 0.3 is 0 Å². The van der Waals surface area contributed by atoms with Crippen molar-refractivity contribution in [1.82, 2.24) is 19.9 Å². The van der Waals surface area contributed by atoms with E-state index in [0.717, 1.165) is 33.5 Å². The zero-order chi connectivity index (χ0) is 21.2. The van der Waals surface area contributed by atoms with Gasteiger partial charge in [0.05, 0.1) is 18.3 Å². The first-order valence-electron chi connectivity index (χ1n) is 9.55. The van der Waals surface area contributed by atoms with Crippen molar-refractivity contribution < 1.29 is 4.74 Å². The highest BCUT2D eigenvalue weighted by molar-refractivity contribution is 7.14. The second-order valence-electron chi connectivity index (χ2n) is 6.77. The predicted molar refractivity (Wildman–Crippen MR) is 126 cm³/mol. The van der Waals surface area contributed by atoms with Crippen LogP contribution >= 0.6 is 11.3 Å². The normalized spacial score (nSPS) is 10.9. The van der Waals surface area contributed by atoms with Crippen LogP contribution in [0.5, 0.6) is 5.75 Å². The highest BCUT2D eigenvalue weighted by atomic mass is 32.1. The Kier molecular flexibility index (Phi) is 5.05. The molecule has 0 aliphatic heterocycles. The Morgan fingerprint density at radius 3 is 2.71 bits per heavy atom. The molecule has 3 aromatic heterocycles. The minimum atomic E-state index is 0.581. The number of anilines is 2. The van der Waals surface area contributed by atoms with Crippen molar-refractivity contribution >= 4 is 46.5 Å². The summed E-state index contributed by atoms with van der Waals surface area (Å²) >= 11 is 1.49. The van der Waals surface area contributed by atoms with E-state index in [0.29, 0.717) is 22.2 Å². The lowest BCUT2D eigenvalue weighted by molar-refractivity contribution is 0.415. The van der Waals surface area contributed by atoms with E-state index < -0.39 is 0 Å². The summed E-state index contributed by atoms with van der Waals surface area (Å²) in [7, 11) is 7.74. The fourth-order valence-corrected chi connectivity index (χ4v) is 3.95. The van der Waals surface area contributed by atoms with Gasteiger partial charge in [-0.3, -0.25) is 4.98 Å². The van der Waals surface area contributed by atoms with E-state index >= 15 is 0 Å². The van der Waals surface area contributed by atoms with Gasteiger partial charge in [-0.25, -0.2) is 15.0 Å². The van der Waals surface area contributed by atoms with Crippen LogP contribution in [0, 0.1) is 0 Å². The van der Waals surface area contributed by atoms with Crippen molar-refractivity contribution in [2.24, 2.45) is 0 Å². The van der Waals surface area contributed by atoms with Gasteiger partial charge < -0.3 is 10.1 Å². The SMILES string of the molecule is [B]c1ccccc1-c1csc(Nc2nc(-c3cccnc3)nc3ccc(OC)cc23)n1. The molecule has 0 amide bonds. The van der Waals surface area contributed by atoms with Crippen LogP contribution in [0.25, 0.3) is 33.5 Å². The number of nitrogens with zero attached hydrogens (tertiary/aromatic N) is 4. The van der Waals surface area contributed by atoms with Crippen molar-refractivity contribution in [3.8, 4) is 28.4 Å². The first-order valence-corrected chi connectivity index (χ1v) is 10.4. The number of hydrogen-bond donors (Lipinski definition) is 1. The van der Waals surface area contributed by atoms with Crippen molar-refractivity contribution in [1.29, 1.82) is 0 Å². The third kappa shape index (κ3) is 3.85. The summed E-state index contributed by atoms with van der Waals surface area (Å²) in [5, 5.41) is 6.87. The molecule has 0 bridgehead atoms. The van der Waals surface area contributed by atoms with Crippen LogP contribution in [0.1, 0.15) is 0 Å². The summed E-state index contributed by atoms with van der Waals surface area (Å²) in [6.07, 6.45) is 3.47. The Morgan fingerprint density at radius 2 is 1.90 bits per heavy atom. The molecule has 148 valence electrons. The third-order valence-electron chi connectivity index (χ3n) is 4.79. The van der Waals surface area contributed by atoms with Gasteiger partial charge in [-0.1, -0.05) is 29.7 Å². The zero-order valence-corrected chi connectivity index (χ0v) is 17.4. The van der Waals surface area contributed by atoms with Crippen LogP contribution in [-0.4, -0.2) is 34.9 Å². The van der Waals surface area contributed by atoms with Crippen molar-refractivity contribution in [2.75, 3.05) is 12.4 Å². The Morgan fingerprint density at radius 1 is 1.00 bits per heavy atom. The van der Waals surface area contributed by atoms with Gasteiger partial charge in [0.1, 0.15) is 19.4 Å². The molecule has 2 aromatic carbocycles. The molecule has 0 spiro atoms. The summed E-state index contributed by atoms with van der Waals surface area (Å²) in [4.78, 5) is 18.4. The van der Waals surface area contributed by atoms with Crippen LogP contribution < -0.4 is 15.5 Å². The van der Waals surface area contributed by atoms with E-state index in [1.165, 1.54) is 11.3 Å². The van der Waals surface area contributed by atoms with Crippen molar-refractivity contribution in [2.45, 2.75) is 0 Å². The summed E-state index contributed by atoms with van der Waals surface area (Å²) in [6.45, 7) is 0. The molecule has 0 atom stereocenters. The molecule has 0 unspecified atom stereocenters. The quantitative estimate of drug-likeness (QED) is 0.425. The number of methoxy groups -OCH3 is 1. The van der Waals surface area contributed by atoms with Gasteiger partial charge in [0.15, 0.2) is 11.0 Å². The Balaban J connectivity index is 1.59. The molecule has 5 aromatic rings. The van der Waals surface area contributed by atoms with Gasteiger partial charge in [0, 0.05) is 28.7 Å². The summed E-state index contributed by atoms with van der Waals surface area (Å²) in [6, 6.07) is 17.2. The maximum atomic E-state index is 6.11. The third-order valence-corrected chi connectivity index (χ3v) is 5.55. The minimum absolute atomic E-state index is 0.581. The van der Waals surface area contributed by atoms with Crippen molar-refractivity contribution in [3.05, 3.63) is 72.4 Å². The first kappa shape index (κ1) is 19.2. The zero-order valence-electron chi connectivity index (χ0n) is 16.6. The fraction of sp³-hybridized carbons (Fsp3) is 0.0435. The largest absolute Gasteiger partial charge is 0.497 e. The summed E-state index contributed by atoms with van der Waals surface area (Å²) in [5.74, 6) is 1.95. The molecule has 5 rings (SSSR count). The molecular weight excluding hydrogens is 405 g/mol. The first-order chi connectivity index (χ1) is 15.2. The second kappa shape index (κ2) is 8.16. The Hall–Kier alpha value is -3.78. The van der Waals surface area contributed by atoms with Gasteiger partial charge in [-0.2, -0.15) is 0 Å². The molecule has 3 heterocycles. The van der Waals surface area contributed by atoms with E-state index in [4.69, 9.17) is 27.5 Å². The summed E-state index contributed by atoms with van der Waals surface area (Å²) in [5.41, 5.74) is 4.03. The standard InChI is InChI=1S/C23H16BN5OS/c1-30-15-8-9-19-17(11-15)22(28-21(26-19)14-5-4-10-25-12-14)29-23-27-20(13-31-23)16-6-2-3-7-18(16)24/h2-13H,1H3,(H,26,27,28,29). The number of rotatable bonds is 5. The number of thiazole rings is 1. The molecule has 0 aliphatic carbocycles. The topological polar surface area (TPSA) is 72.8 Å². The van der Waals surface area contributed by atoms with Crippen LogP contribution in [-0.2, 0) is 0 Å². The van der Waals surface area contributed by atoms with Crippen LogP contribution in [0.3, 0.4) is 0 Å².